The Labute approximate surface area is 88.5 Å². The highest BCUT2D eigenvalue weighted by Crippen LogP contribution is 2.31. The number of rotatable bonds is 2. The standard InChI is InChI=1S/C11H15NO3/c1-15-10-6-7(2-3-8(10)13)11-9(14)4-5-12-11/h2-3,6,9,11-14H,4-5H2,1H3/t9-,11-/m1/s1. The van der Waals surface area contributed by atoms with E-state index in [2.05, 4.69) is 5.32 Å². The Kier molecular flexibility index (Phi) is 2.79. The van der Waals surface area contributed by atoms with Crippen LogP contribution >= 0.6 is 0 Å². The highest BCUT2D eigenvalue weighted by Gasteiger charge is 2.26. The molecule has 2 atom stereocenters. The second-order valence-corrected chi connectivity index (χ2v) is 3.72. The largest absolute Gasteiger partial charge is 0.504 e. The Hall–Kier alpha value is -1.26. The normalized spacial score (nSPS) is 25.5. The lowest BCUT2D eigenvalue weighted by molar-refractivity contribution is 0.160. The molecule has 15 heavy (non-hydrogen) atoms. The minimum Gasteiger partial charge on any atom is -0.504 e. The zero-order valence-corrected chi connectivity index (χ0v) is 8.60. The van der Waals surface area contributed by atoms with Gasteiger partial charge in [-0.1, -0.05) is 6.07 Å². The second kappa shape index (κ2) is 4.08. The Balaban J connectivity index is 2.28. The molecule has 1 saturated heterocycles. The van der Waals surface area contributed by atoms with Crippen LogP contribution in [0.4, 0.5) is 0 Å². The van der Waals surface area contributed by atoms with E-state index < -0.39 is 0 Å². The van der Waals surface area contributed by atoms with E-state index in [1.54, 1.807) is 18.2 Å². The van der Waals surface area contributed by atoms with Crippen molar-refractivity contribution in [2.24, 2.45) is 0 Å². The molecule has 0 unspecified atom stereocenters. The minimum atomic E-state index is -0.362. The van der Waals surface area contributed by atoms with E-state index in [-0.39, 0.29) is 17.9 Å². The molecule has 4 nitrogen and oxygen atoms in total. The summed E-state index contributed by atoms with van der Waals surface area (Å²) < 4.78 is 5.02. The number of hydrogen-bond acceptors (Lipinski definition) is 4. The van der Waals surface area contributed by atoms with Gasteiger partial charge in [0.1, 0.15) is 0 Å². The summed E-state index contributed by atoms with van der Waals surface area (Å²) in [4.78, 5) is 0. The van der Waals surface area contributed by atoms with Crippen LogP contribution in [0.25, 0.3) is 0 Å². The predicted octanol–water partition coefficient (Wildman–Crippen LogP) is 0.796. The van der Waals surface area contributed by atoms with Crippen LogP contribution in [0.3, 0.4) is 0 Å². The molecule has 1 aliphatic rings. The monoisotopic (exact) mass is 209 g/mol. The fourth-order valence-electron chi connectivity index (χ4n) is 1.92. The molecular weight excluding hydrogens is 194 g/mol. The van der Waals surface area contributed by atoms with Crippen molar-refractivity contribution in [3.63, 3.8) is 0 Å². The number of methoxy groups -OCH3 is 1. The fourth-order valence-corrected chi connectivity index (χ4v) is 1.92. The SMILES string of the molecule is COc1cc([C@H]2NCC[C@H]2O)ccc1O. The van der Waals surface area contributed by atoms with Crippen molar-refractivity contribution in [1.29, 1.82) is 0 Å². The summed E-state index contributed by atoms with van der Waals surface area (Å²) in [5, 5.41) is 22.4. The van der Waals surface area contributed by atoms with Crippen LogP contribution in [0.2, 0.25) is 0 Å². The first-order valence-electron chi connectivity index (χ1n) is 5.00. The van der Waals surface area contributed by atoms with Crippen molar-refractivity contribution in [3.8, 4) is 11.5 Å². The summed E-state index contributed by atoms with van der Waals surface area (Å²) in [7, 11) is 1.51. The molecule has 82 valence electrons. The van der Waals surface area contributed by atoms with Crippen molar-refractivity contribution < 1.29 is 14.9 Å². The lowest BCUT2D eigenvalue weighted by Gasteiger charge is -2.16. The molecule has 0 aliphatic carbocycles. The Morgan fingerprint density at radius 1 is 1.47 bits per heavy atom. The van der Waals surface area contributed by atoms with Gasteiger partial charge in [0, 0.05) is 0 Å². The van der Waals surface area contributed by atoms with Gasteiger partial charge < -0.3 is 20.3 Å². The smallest absolute Gasteiger partial charge is 0.160 e. The third-order valence-corrected chi connectivity index (χ3v) is 2.75. The summed E-state index contributed by atoms with van der Waals surface area (Å²) in [6.07, 6.45) is 0.396. The maximum Gasteiger partial charge on any atom is 0.160 e. The summed E-state index contributed by atoms with van der Waals surface area (Å²) >= 11 is 0. The number of nitrogens with one attached hydrogen (secondary N) is 1. The van der Waals surface area contributed by atoms with Crippen LogP contribution in [0.15, 0.2) is 18.2 Å². The van der Waals surface area contributed by atoms with E-state index in [1.807, 2.05) is 0 Å². The molecule has 0 spiro atoms. The van der Waals surface area contributed by atoms with Crippen LogP contribution in [0, 0.1) is 0 Å². The minimum absolute atomic E-state index is 0.0560. The molecule has 0 saturated carbocycles. The molecule has 0 bridgehead atoms. The van der Waals surface area contributed by atoms with Gasteiger partial charge in [-0.05, 0) is 30.7 Å². The number of ether oxygens (including phenoxy) is 1. The number of benzene rings is 1. The molecule has 3 N–H and O–H groups in total. The summed E-state index contributed by atoms with van der Waals surface area (Å²) in [6, 6.07) is 5.08. The topological polar surface area (TPSA) is 61.7 Å². The van der Waals surface area contributed by atoms with Gasteiger partial charge in [0.05, 0.1) is 19.3 Å². The van der Waals surface area contributed by atoms with Gasteiger partial charge in [0.15, 0.2) is 11.5 Å². The van der Waals surface area contributed by atoms with Crippen molar-refractivity contribution in [2.45, 2.75) is 18.6 Å². The molecule has 0 amide bonds. The number of phenolic OH excluding ortho intramolecular Hbond substituents is 1. The number of hydrogen-bond donors (Lipinski definition) is 3. The zero-order valence-electron chi connectivity index (χ0n) is 8.60. The Bertz CT molecular complexity index is 354. The molecule has 1 fully saturated rings. The molecule has 4 heteroatoms. The molecule has 1 aliphatic heterocycles. The predicted molar refractivity (Wildman–Crippen MR) is 56.0 cm³/mol. The van der Waals surface area contributed by atoms with Crippen LogP contribution in [-0.2, 0) is 0 Å². The van der Waals surface area contributed by atoms with E-state index in [9.17, 15) is 10.2 Å². The lowest BCUT2D eigenvalue weighted by Crippen LogP contribution is -2.20. The van der Waals surface area contributed by atoms with Crippen LogP contribution in [-0.4, -0.2) is 30.0 Å². The van der Waals surface area contributed by atoms with E-state index >= 15 is 0 Å². The first-order valence-corrected chi connectivity index (χ1v) is 5.00. The Morgan fingerprint density at radius 2 is 2.27 bits per heavy atom. The maximum atomic E-state index is 9.71. The molecule has 0 radical (unpaired) electrons. The van der Waals surface area contributed by atoms with Gasteiger partial charge in [-0.15, -0.1) is 0 Å². The number of aliphatic hydroxyl groups is 1. The third-order valence-electron chi connectivity index (χ3n) is 2.75. The van der Waals surface area contributed by atoms with E-state index in [4.69, 9.17) is 4.74 Å². The lowest BCUT2D eigenvalue weighted by atomic mass is 10.0. The summed E-state index contributed by atoms with van der Waals surface area (Å²) in [5.41, 5.74) is 0.939. The maximum absolute atomic E-state index is 9.71. The number of aliphatic hydroxyl groups excluding tert-OH is 1. The van der Waals surface area contributed by atoms with Crippen molar-refractivity contribution in [1.82, 2.24) is 5.32 Å². The van der Waals surface area contributed by atoms with Gasteiger partial charge in [-0.3, -0.25) is 0 Å². The van der Waals surface area contributed by atoms with Crippen LogP contribution in [0.5, 0.6) is 11.5 Å². The van der Waals surface area contributed by atoms with E-state index in [1.165, 1.54) is 7.11 Å². The quantitative estimate of drug-likeness (QED) is 0.674. The van der Waals surface area contributed by atoms with Crippen molar-refractivity contribution in [3.05, 3.63) is 23.8 Å². The first-order chi connectivity index (χ1) is 7.22. The Morgan fingerprint density at radius 3 is 2.87 bits per heavy atom. The third kappa shape index (κ3) is 1.91. The fraction of sp³-hybridized carbons (Fsp3) is 0.455. The van der Waals surface area contributed by atoms with Gasteiger partial charge in [-0.25, -0.2) is 0 Å². The average Bonchev–Trinajstić information content (AvgIpc) is 2.65. The molecule has 1 heterocycles. The zero-order chi connectivity index (χ0) is 10.8. The second-order valence-electron chi connectivity index (χ2n) is 3.72. The van der Waals surface area contributed by atoms with Crippen molar-refractivity contribution in [2.75, 3.05) is 13.7 Å². The molecule has 1 aromatic carbocycles. The summed E-state index contributed by atoms with van der Waals surface area (Å²) in [5.74, 6) is 0.558. The molecule has 1 aromatic rings. The van der Waals surface area contributed by atoms with Crippen molar-refractivity contribution >= 4 is 0 Å². The van der Waals surface area contributed by atoms with Gasteiger partial charge in [0.2, 0.25) is 0 Å². The van der Waals surface area contributed by atoms with Gasteiger partial charge in [-0.2, -0.15) is 0 Å². The first kappa shape index (κ1) is 10.3. The summed E-state index contributed by atoms with van der Waals surface area (Å²) in [6.45, 7) is 0.815. The van der Waals surface area contributed by atoms with E-state index in [0.717, 1.165) is 18.5 Å². The number of aromatic hydroxyl groups is 1. The highest BCUT2D eigenvalue weighted by atomic mass is 16.5. The highest BCUT2D eigenvalue weighted by molar-refractivity contribution is 5.43. The van der Waals surface area contributed by atoms with Crippen LogP contribution < -0.4 is 10.1 Å². The molecule has 0 aromatic heterocycles. The van der Waals surface area contributed by atoms with E-state index in [0.29, 0.717) is 5.75 Å². The van der Waals surface area contributed by atoms with Gasteiger partial charge >= 0.3 is 0 Å². The molecular formula is C11H15NO3. The molecule has 2 rings (SSSR count). The number of phenols is 1. The average molecular weight is 209 g/mol. The van der Waals surface area contributed by atoms with Gasteiger partial charge in [0.25, 0.3) is 0 Å². The van der Waals surface area contributed by atoms with Crippen LogP contribution in [0.1, 0.15) is 18.0 Å².